The standard InChI is InChI=1S/C21H19N7O3S2/c1-31-11-5-10-27-19(30)13-6-2-3-9-16(13)28-20(27)23-24-21(28)32-12-17(29)22-14-7-4-8-15-18(14)26-33-25-15/h2-4,6-9H,5,10-12H2,1H3,(H,22,29). The van der Waals surface area contributed by atoms with Gasteiger partial charge in [-0.1, -0.05) is 30.0 Å². The number of benzene rings is 2. The van der Waals surface area contributed by atoms with Crippen molar-refractivity contribution < 1.29 is 9.53 Å². The average Bonchev–Trinajstić information content (AvgIpc) is 3.48. The number of para-hydroxylation sites is 1. The van der Waals surface area contributed by atoms with Gasteiger partial charge in [0.25, 0.3) is 5.56 Å². The van der Waals surface area contributed by atoms with Crippen LogP contribution >= 0.6 is 23.5 Å². The lowest BCUT2D eigenvalue weighted by Gasteiger charge is -2.11. The minimum absolute atomic E-state index is 0.117. The van der Waals surface area contributed by atoms with Crippen LogP contribution in [0.1, 0.15) is 6.42 Å². The number of nitrogens with zero attached hydrogens (tertiary/aromatic N) is 6. The van der Waals surface area contributed by atoms with Gasteiger partial charge in [-0.15, -0.1) is 10.2 Å². The second kappa shape index (κ2) is 9.25. The third-order valence-electron chi connectivity index (χ3n) is 5.10. The highest BCUT2D eigenvalue weighted by molar-refractivity contribution is 7.99. The van der Waals surface area contributed by atoms with Crippen LogP contribution in [-0.2, 0) is 16.1 Å². The largest absolute Gasteiger partial charge is 0.385 e. The number of ether oxygens (including phenoxy) is 1. The Morgan fingerprint density at radius 2 is 2.03 bits per heavy atom. The van der Waals surface area contributed by atoms with Crippen LogP contribution in [0.15, 0.2) is 52.4 Å². The van der Waals surface area contributed by atoms with Gasteiger partial charge in [0.2, 0.25) is 11.7 Å². The first-order valence-electron chi connectivity index (χ1n) is 10.2. The summed E-state index contributed by atoms with van der Waals surface area (Å²) in [6.07, 6.45) is 0.666. The number of thioether (sulfide) groups is 1. The number of fused-ring (bicyclic) bond motifs is 4. The molecule has 0 aliphatic rings. The summed E-state index contributed by atoms with van der Waals surface area (Å²) in [4.78, 5) is 25.7. The summed E-state index contributed by atoms with van der Waals surface area (Å²) in [6.45, 7) is 0.985. The van der Waals surface area contributed by atoms with Gasteiger partial charge in [-0.25, -0.2) is 0 Å². The normalized spacial score (nSPS) is 11.5. The first-order chi connectivity index (χ1) is 16.2. The highest BCUT2D eigenvalue weighted by Crippen LogP contribution is 2.24. The van der Waals surface area contributed by atoms with Gasteiger partial charge in [0, 0.05) is 20.3 Å². The van der Waals surface area contributed by atoms with Gasteiger partial charge < -0.3 is 10.1 Å². The Kier molecular flexibility index (Phi) is 6.03. The molecule has 0 aliphatic carbocycles. The monoisotopic (exact) mass is 481 g/mol. The molecule has 0 aliphatic heterocycles. The zero-order valence-corrected chi connectivity index (χ0v) is 19.2. The van der Waals surface area contributed by atoms with Gasteiger partial charge >= 0.3 is 0 Å². The van der Waals surface area contributed by atoms with E-state index in [1.54, 1.807) is 23.8 Å². The predicted molar refractivity (Wildman–Crippen MR) is 128 cm³/mol. The number of amides is 1. The molecule has 3 heterocycles. The van der Waals surface area contributed by atoms with E-state index in [9.17, 15) is 9.59 Å². The van der Waals surface area contributed by atoms with E-state index in [1.165, 1.54) is 11.8 Å². The second-order valence-corrected chi connectivity index (χ2v) is 8.68. The lowest BCUT2D eigenvalue weighted by Crippen LogP contribution is -2.24. The van der Waals surface area contributed by atoms with E-state index < -0.39 is 0 Å². The number of nitrogens with one attached hydrogen (secondary N) is 1. The molecule has 2 aromatic carbocycles. The van der Waals surface area contributed by atoms with E-state index in [0.29, 0.717) is 52.6 Å². The van der Waals surface area contributed by atoms with Crippen molar-refractivity contribution in [2.45, 2.75) is 18.1 Å². The van der Waals surface area contributed by atoms with Crippen molar-refractivity contribution in [2.75, 3.05) is 24.8 Å². The summed E-state index contributed by atoms with van der Waals surface area (Å²) in [5.74, 6) is 0.359. The van der Waals surface area contributed by atoms with Gasteiger partial charge in [-0.2, -0.15) is 8.75 Å². The maximum atomic E-state index is 13.1. The van der Waals surface area contributed by atoms with E-state index in [0.717, 1.165) is 17.2 Å². The van der Waals surface area contributed by atoms with Crippen LogP contribution < -0.4 is 10.9 Å². The molecule has 1 amide bonds. The molecule has 0 saturated heterocycles. The number of aryl methyl sites for hydroxylation is 1. The quantitative estimate of drug-likeness (QED) is 0.266. The number of hydrogen-bond acceptors (Lipinski definition) is 9. The Balaban J connectivity index is 1.44. The Labute approximate surface area is 195 Å². The smallest absolute Gasteiger partial charge is 0.262 e. The van der Waals surface area contributed by atoms with E-state index in [1.807, 2.05) is 34.7 Å². The van der Waals surface area contributed by atoms with Gasteiger partial charge in [-0.3, -0.25) is 18.6 Å². The molecule has 5 aromatic rings. The van der Waals surface area contributed by atoms with Crippen LogP contribution in [0.3, 0.4) is 0 Å². The maximum Gasteiger partial charge on any atom is 0.262 e. The molecule has 0 atom stereocenters. The van der Waals surface area contributed by atoms with Crippen molar-refractivity contribution in [3.05, 3.63) is 52.8 Å². The fraction of sp³-hybridized carbons (Fsp3) is 0.238. The molecular weight excluding hydrogens is 462 g/mol. The molecule has 0 fully saturated rings. The summed E-state index contributed by atoms with van der Waals surface area (Å²) >= 11 is 2.36. The lowest BCUT2D eigenvalue weighted by atomic mass is 10.2. The van der Waals surface area contributed by atoms with Crippen LogP contribution in [0.25, 0.3) is 27.7 Å². The first-order valence-corrected chi connectivity index (χ1v) is 11.9. The number of anilines is 1. The third kappa shape index (κ3) is 4.08. The highest BCUT2D eigenvalue weighted by Gasteiger charge is 2.18. The maximum absolute atomic E-state index is 13.1. The summed E-state index contributed by atoms with van der Waals surface area (Å²) < 4.78 is 17.0. The molecule has 0 bridgehead atoms. The van der Waals surface area contributed by atoms with E-state index in [2.05, 4.69) is 24.3 Å². The molecule has 1 N–H and O–H groups in total. The summed E-state index contributed by atoms with van der Waals surface area (Å²) in [5.41, 5.74) is 2.61. The SMILES string of the molecule is COCCCn1c(=O)c2ccccc2n2c(SCC(=O)Nc3cccc4nsnc34)nnc12. The Morgan fingerprint density at radius 3 is 2.91 bits per heavy atom. The Bertz CT molecular complexity index is 1530. The van der Waals surface area contributed by atoms with E-state index in [-0.39, 0.29) is 17.2 Å². The van der Waals surface area contributed by atoms with E-state index >= 15 is 0 Å². The molecule has 3 aromatic heterocycles. The van der Waals surface area contributed by atoms with Crippen molar-refractivity contribution in [3.8, 4) is 0 Å². The minimum Gasteiger partial charge on any atom is -0.385 e. The van der Waals surface area contributed by atoms with Crippen LogP contribution in [0.4, 0.5) is 5.69 Å². The summed E-state index contributed by atoms with van der Waals surface area (Å²) in [5, 5.41) is 12.5. The molecule has 0 saturated carbocycles. The number of hydrogen-bond donors (Lipinski definition) is 1. The Morgan fingerprint density at radius 1 is 1.15 bits per heavy atom. The van der Waals surface area contributed by atoms with Crippen LogP contribution in [0.5, 0.6) is 0 Å². The fourth-order valence-corrected chi connectivity index (χ4v) is 4.91. The molecule has 33 heavy (non-hydrogen) atoms. The number of aromatic nitrogens is 6. The van der Waals surface area contributed by atoms with Crippen molar-refractivity contribution in [2.24, 2.45) is 0 Å². The zero-order valence-electron chi connectivity index (χ0n) is 17.6. The topological polar surface area (TPSA) is 116 Å². The van der Waals surface area contributed by atoms with Crippen molar-refractivity contribution in [1.82, 2.24) is 27.9 Å². The molecule has 10 nitrogen and oxygen atoms in total. The molecule has 5 rings (SSSR count). The van der Waals surface area contributed by atoms with Crippen LogP contribution in [0.2, 0.25) is 0 Å². The third-order valence-corrected chi connectivity index (χ3v) is 6.57. The lowest BCUT2D eigenvalue weighted by molar-refractivity contribution is -0.113. The fourth-order valence-electron chi connectivity index (χ4n) is 3.62. The number of carbonyl (C=O) groups is 1. The molecule has 0 unspecified atom stereocenters. The number of rotatable bonds is 8. The molecule has 0 radical (unpaired) electrons. The predicted octanol–water partition coefficient (Wildman–Crippen LogP) is 2.82. The minimum atomic E-state index is -0.199. The Hall–Kier alpha value is -3.35. The van der Waals surface area contributed by atoms with Crippen molar-refractivity contribution in [3.63, 3.8) is 0 Å². The summed E-state index contributed by atoms with van der Waals surface area (Å²) in [6, 6.07) is 12.8. The van der Waals surface area contributed by atoms with E-state index in [4.69, 9.17) is 4.74 Å². The highest BCUT2D eigenvalue weighted by atomic mass is 32.2. The summed E-state index contributed by atoms with van der Waals surface area (Å²) in [7, 11) is 1.63. The average molecular weight is 482 g/mol. The number of methoxy groups -OCH3 is 1. The van der Waals surface area contributed by atoms with Crippen LogP contribution in [-0.4, -0.2) is 53.3 Å². The van der Waals surface area contributed by atoms with Crippen LogP contribution in [0, 0.1) is 0 Å². The molecule has 12 heteroatoms. The zero-order chi connectivity index (χ0) is 22.8. The molecule has 0 spiro atoms. The first kappa shape index (κ1) is 21.5. The van der Waals surface area contributed by atoms with Gasteiger partial charge in [0.15, 0.2) is 5.16 Å². The molecular formula is C21H19N7O3S2. The van der Waals surface area contributed by atoms with Gasteiger partial charge in [0.1, 0.15) is 11.0 Å². The van der Waals surface area contributed by atoms with Gasteiger partial charge in [0.05, 0.1) is 34.1 Å². The van der Waals surface area contributed by atoms with Crippen molar-refractivity contribution in [1.29, 1.82) is 0 Å². The van der Waals surface area contributed by atoms with Gasteiger partial charge in [-0.05, 0) is 30.7 Å². The number of carbonyl (C=O) groups excluding carboxylic acids is 1. The van der Waals surface area contributed by atoms with Crippen molar-refractivity contribution >= 4 is 62.8 Å². The second-order valence-electron chi connectivity index (χ2n) is 7.21. The molecule has 168 valence electrons.